The number of carbonyl (C=O) groups excluding carboxylic acids is 1. The summed E-state index contributed by atoms with van der Waals surface area (Å²) in [6, 6.07) is 5.61. The van der Waals surface area contributed by atoms with Crippen LogP contribution in [0.2, 0.25) is 0 Å². The van der Waals surface area contributed by atoms with Gasteiger partial charge in [0.05, 0.1) is 13.2 Å². The zero-order chi connectivity index (χ0) is 12.1. The molecule has 1 unspecified atom stereocenters. The predicted octanol–water partition coefficient (Wildman–Crippen LogP) is 2.28. The highest BCUT2D eigenvalue weighted by atomic mass is 16.5. The molecule has 1 aromatic rings. The van der Waals surface area contributed by atoms with Gasteiger partial charge in [0.1, 0.15) is 12.0 Å². The van der Waals surface area contributed by atoms with Crippen LogP contribution in [0.4, 0.5) is 0 Å². The minimum absolute atomic E-state index is 0.247. The van der Waals surface area contributed by atoms with Crippen LogP contribution in [-0.4, -0.2) is 20.4 Å². The van der Waals surface area contributed by atoms with E-state index in [2.05, 4.69) is 19.2 Å². The second kappa shape index (κ2) is 5.66. The minimum Gasteiger partial charge on any atom is -0.496 e. The molecule has 0 saturated heterocycles. The van der Waals surface area contributed by atoms with Gasteiger partial charge in [-0.15, -0.1) is 0 Å². The molecule has 1 rings (SSSR count). The first-order valence-corrected chi connectivity index (χ1v) is 5.44. The maximum absolute atomic E-state index is 10.9. The number of ether oxygens (including phenoxy) is 1. The highest BCUT2D eigenvalue weighted by Crippen LogP contribution is 2.28. The first-order chi connectivity index (χ1) is 7.63. The van der Waals surface area contributed by atoms with E-state index in [0.29, 0.717) is 5.92 Å². The second-order valence-electron chi connectivity index (χ2n) is 4.06. The molecule has 0 aliphatic carbocycles. The van der Waals surface area contributed by atoms with Gasteiger partial charge in [0.25, 0.3) is 0 Å². The van der Waals surface area contributed by atoms with E-state index >= 15 is 0 Å². The third-order valence-corrected chi connectivity index (χ3v) is 2.68. The molecule has 0 heterocycles. The third kappa shape index (κ3) is 2.61. The van der Waals surface area contributed by atoms with Crippen LogP contribution in [0.25, 0.3) is 0 Å². The van der Waals surface area contributed by atoms with Crippen LogP contribution in [0, 0.1) is 0 Å². The van der Waals surface area contributed by atoms with Gasteiger partial charge in [-0.2, -0.15) is 0 Å². The number of likely N-dealkylation sites (N-methyl/N-ethyl adjacent to an activating group) is 1. The fourth-order valence-electron chi connectivity index (χ4n) is 1.71. The Bertz CT molecular complexity index is 361. The number of hydrogen-bond donors (Lipinski definition) is 1. The Hall–Kier alpha value is -1.35. The van der Waals surface area contributed by atoms with Crippen LogP contribution in [0.15, 0.2) is 18.2 Å². The number of hydrogen-bond acceptors (Lipinski definition) is 3. The van der Waals surface area contributed by atoms with Crippen molar-refractivity contribution < 1.29 is 9.53 Å². The van der Waals surface area contributed by atoms with E-state index in [1.165, 1.54) is 0 Å². The molecule has 0 saturated carbocycles. The van der Waals surface area contributed by atoms with E-state index < -0.39 is 0 Å². The van der Waals surface area contributed by atoms with E-state index in [0.717, 1.165) is 23.2 Å². The molecule has 88 valence electrons. The number of rotatable bonds is 5. The smallest absolute Gasteiger partial charge is 0.141 e. The molecular formula is C13H19NO2. The standard InChI is InChI=1S/C13H19NO2/c1-9(2)11-7-10(12(8-15)14-3)5-6-13(11)16-4/h5-9,12,14H,1-4H3. The van der Waals surface area contributed by atoms with E-state index in [1.807, 2.05) is 18.2 Å². The van der Waals surface area contributed by atoms with Crippen molar-refractivity contribution in [2.24, 2.45) is 0 Å². The molecule has 0 spiro atoms. The summed E-state index contributed by atoms with van der Waals surface area (Å²) in [6.07, 6.45) is 0.909. The molecule has 0 aromatic heterocycles. The van der Waals surface area contributed by atoms with Crippen molar-refractivity contribution in [3.05, 3.63) is 29.3 Å². The van der Waals surface area contributed by atoms with Crippen molar-refractivity contribution in [2.45, 2.75) is 25.8 Å². The van der Waals surface area contributed by atoms with E-state index in [-0.39, 0.29) is 6.04 Å². The number of methoxy groups -OCH3 is 1. The van der Waals surface area contributed by atoms with Gasteiger partial charge in [-0.1, -0.05) is 19.9 Å². The predicted molar refractivity (Wildman–Crippen MR) is 64.9 cm³/mol. The van der Waals surface area contributed by atoms with Crippen LogP contribution in [0.3, 0.4) is 0 Å². The van der Waals surface area contributed by atoms with Crippen LogP contribution in [0.5, 0.6) is 5.75 Å². The van der Waals surface area contributed by atoms with Gasteiger partial charge in [-0.05, 0) is 36.2 Å². The molecule has 0 radical (unpaired) electrons. The molecule has 1 atom stereocenters. The fraction of sp³-hybridized carbons (Fsp3) is 0.462. The molecule has 0 aliphatic rings. The lowest BCUT2D eigenvalue weighted by Crippen LogP contribution is -2.17. The lowest BCUT2D eigenvalue weighted by Gasteiger charge is -2.16. The number of nitrogens with one attached hydrogen (secondary N) is 1. The summed E-state index contributed by atoms with van der Waals surface area (Å²) >= 11 is 0. The third-order valence-electron chi connectivity index (χ3n) is 2.68. The highest BCUT2D eigenvalue weighted by Gasteiger charge is 2.12. The molecule has 16 heavy (non-hydrogen) atoms. The summed E-state index contributed by atoms with van der Waals surface area (Å²) in [6.45, 7) is 4.22. The first-order valence-electron chi connectivity index (χ1n) is 5.44. The average Bonchev–Trinajstić information content (AvgIpc) is 2.30. The molecule has 0 amide bonds. The number of benzene rings is 1. The Kier molecular flexibility index (Phi) is 4.50. The maximum atomic E-state index is 10.9. The quantitative estimate of drug-likeness (QED) is 0.775. The highest BCUT2D eigenvalue weighted by molar-refractivity contribution is 5.62. The number of carbonyl (C=O) groups is 1. The van der Waals surface area contributed by atoms with Crippen molar-refractivity contribution in [3.63, 3.8) is 0 Å². The molecule has 0 fully saturated rings. The Labute approximate surface area is 96.8 Å². The first kappa shape index (κ1) is 12.7. The molecule has 1 N–H and O–H groups in total. The zero-order valence-electron chi connectivity index (χ0n) is 10.3. The Morgan fingerprint density at radius 1 is 1.38 bits per heavy atom. The summed E-state index contributed by atoms with van der Waals surface area (Å²) in [4.78, 5) is 10.9. The van der Waals surface area contributed by atoms with Crippen molar-refractivity contribution >= 4 is 6.29 Å². The van der Waals surface area contributed by atoms with Gasteiger partial charge in [-0.25, -0.2) is 0 Å². The lowest BCUT2D eigenvalue weighted by atomic mass is 9.97. The van der Waals surface area contributed by atoms with Crippen molar-refractivity contribution in [2.75, 3.05) is 14.2 Å². The summed E-state index contributed by atoms with van der Waals surface area (Å²) in [5.41, 5.74) is 2.10. The van der Waals surface area contributed by atoms with E-state index in [1.54, 1.807) is 14.2 Å². The lowest BCUT2D eigenvalue weighted by molar-refractivity contribution is -0.109. The summed E-state index contributed by atoms with van der Waals surface area (Å²) < 4.78 is 5.30. The summed E-state index contributed by atoms with van der Waals surface area (Å²) in [7, 11) is 3.44. The SMILES string of the molecule is CNC(C=O)c1ccc(OC)c(C(C)C)c1. The van der Waals surface area contributed by atoms with Crippen LogP contribution in [-0.2, 0) is 4.79 Å². The van der Waals surface area contributed by atoms with Gasteiger partial charge in [-0.3, -0.25) is 0 Å². The largest absolute Gasteiger partial charge is 0.496 e. The summed E-state index contributed by atoms with van der Waals surface area (Å²) in [5.74, 6) is 1.25. The Morgan fingerprint density at radius 3 is 2.50 bits per heavy atom. The fourth-order valence-corrected chi connectivity index (χ4v) is 1.71. The molecule has 3 heteroatoms. The van der Waals surface area contributed by atoms with Gasteiger partial charge >= 0.3 is 0 Å². The van der Waals surface area contributed by atoms with Crippen LogP contribution >= 0.6 is 0 Å². The van der Waals surface area contributed by atoms with Gasteiger partial charge < -0.3 is 14.8 Å². The minimum atomic E-state index is -0.247. The van der Waals surface area contributed by atoms with Crippen molar-refractivity contribution in [3.8, 4) is 5.75 Å². The molecule has 1 aromatic carbocycles. The van der Waals surface area contributed by atoms with E-state index in [4.69, 9.17) is 4.74 Å². The Morgan fingerprint density at radius 2 is 2.06 bits per heavy atom. The monoisotopic (exact) mass is 221 g/mol. The Balaban J connectivity index is 3.15. The second-order valence-corrected chi connectivity index (χ2v) is 4.06. The van der Waals surface area contributed by atoms with Crippen LogP contribution in [0.1, 0.15) is 36.9 Å². The van der Waals surface area contributed by atoms with Gasteiger partial charge in [0.15, 0.2) is 0 Å². The normalized spacial score (nSPS) is 12.6. The molecule has 3 nitrogen and oxygen atoms in total. The maximum Gasteiger partial charge on any atom is 0.141 e. The number of aldehydes is 1. The summed E-state index contributed by atoms with van der Waals surface area (Å²) in [5, 5.41) is 2.96. The van der Waals surface area contributed by atoms with E-state index in [9.17, 15) is 4.79 Å². The van der Waals surface area contributed by atoms with Crippen LogP contribution < -0.4 is 10.1 Å². The van der Waals surface area contributed by atoms with Gasteiger partial charge in [0.2, 0.25) is 0 Å². The molecule has 0 aliphatic heterocycles. The topological polar surface area (TPSA) is 38.3 Å². The molecule has 0 bridgehead atoms. The van der Waals surface area contributed by atoms with Crippen molar-refractivity contribution in [1.29, 1.82) is 0 Å². The molecular weight excluding hydrogens is 202 g/mol. The van der Waals surface area contributed by atoms with Gasteiger partial charge in [0, 0.05) is 0 Å². The van der Waals surface area contributed by atoms with Crippen molar-refractivity contribution in [1.82, 2.24) is 5.32 Å². The zero-order valence-corrected chi connectivity index (χ0v) is 10.3. The average molecular weight is 221 g/mol.